The minimum atomic E-state index is -0.214. The highest BCUT2D eigenvalue weighted by atomic mass is 32.1. The molecule has 0 aliphatic carbocycles. The van der Waals surface area contributed by atoms with E-state index in [-0.39, 0.29) is 17.8 Å². The van der Waals surface area contributed by atoms with Gasteiger partial charge in [0.1, 0.15) is 5.82 Å². The van der Waals surface area contributed by atoms with Crippen LogP contribution < -0.4 is 10.9 Å². The predicted molar refractivity (Wildman–Crippen MR) is 131 cm³/mol. The summed E-state index contributed by atoms with van der Waals surface area (Å²) in [5.41, 5.74) is 10.9. The van der Waals surface area contributed by atoms with Crippen LogP contribution in [0.15, 0.2) is 48.5 Å². The first kappa shape index (κ1) is 23.5. The van der Waals surface area contributed by atoms with Crippen LogP contribution in [0.25, 0.3) is 11.3 Å². The zero-order chi connectivity index (χ0) is 23.4. The van der Waals surface area contributed by atoms with Gasteiger partial charge in [0.05, 0.1) is 17.1 Å². The van der Waals surface area contributed by atoms with Gasteiger partial charge in [0.2, 0.25) is 5.91 Å². The molecule has 1 aliphatic rings. The monoisotopic (exact) mass is 466 g/mol. The molecule has 1 aliphatic heterocycles. The number of aromatic nitrogens is 1. The first-order valence-corrected chi connectivity index (χ1v) is 12.2. The summed E-state index contributed by atoms with van der Waals surface area (Å²) in [6.07, 6.45) is 3.21. The molecule has 0 spiro atoms. The number of aryl methyl sites for hydroxylation is 2. The Morgan fingerprint density at radius 1 is 1.12 bits per heavy atom. The first-order chi connectivity index (χ1) is 15.9. The zero-order valence-corrected chi connectivity index (χ0v) is 20.2. The standard InChI is InChI=1S/C26H31FN4OS/c1-17-6-8-20(9-7-17)26-24(33-18(2)28-26)16-25(32)31(3)14-4-5-22-15-23(30-29-22)19-10-12-21(27)13-11-19/h6-13,22-23,29-30H,4-5,14-16H2,1-3H3. The fourth-order valence-electron chi connectivity index (χ4n) is 4.22. The Kier molecular flexibility index (Phi) is 7.53. The Hall–Kier alpha value is -2.61. The van der Waals surface area contributed by atoms with E-state index in [9.17, 15) is 9.18 Å². The average Bonchev–Trinajstić information content (AvgIpc) is 3.41. The molecule has 1 fully saturated rings. The van der Waals surface area contributed by atoms with Crippen LogP contribution in [0.2, 0.25) is 0 Å². The number of halogens is 1. The van der Waals surface area contributed by atoms with E-state index < -0.39 is 0 Å². The summed E-state index contributed by atoms with van der Waals surface area (Å²) in [6.45, 7) is 4.77. The fourth-order valence-corrected chi connectivity index (χ4v) is 5.17. The van der Waals surface area contributed by atoms with Crippen molar-refractivity contribution in [3.05, 3.63) is 75.4 Å². The van der Waals surface area contributed by atoms with Crippen molar-refractivity contribution in [1.82, 2.24) is 20.7 Å². The predicted octanol–water partition coefficient (Wildman–Crippen LogP) is 4.95. The maximum Gasteiger partial charge on any atom is 0.227 e. The molecule has 2 unspecified atom stereocenters. The zero-order valence-electron chi connectivity index (χ0n) is 19.4. The van der Waals surface area contributed by atoms with Crippen molar-refractivity contribution in [3.8, 4) is 11.3 Å². The van der Waals surface area contributed by atoms with Gasteiger partial charge in [0.15, 0.2) is 0 Å². The average molecular weight is 467 g/mol. The van der Waals surface area contributed by atoms with Gasteiger partial charge in [-0.3, -0.25) is 15.6 Å². The van der Waals surface area contributed by atoms with E-state index in [1.54, 1.807) is 11.3 Å². The lowest BCUT2D eigenvalue weighted by Crippen LogP contribution is -2.33. The molecule has 2 N–H and O–H groups in total. The van der Waals surface area contributed by atoms with Gasteiger partial charge in [-0.2, -0.15) is 0 Å². The van der Waals surface area contributed by atoms with Gasteiger partial charge in [-0.25, -0.2) is 9.37 Å². The van der Waals surface area contributed by atoms with Crippen molar-refractivity contribution in [1.29, 1.82) is 0 Å². The number of hydrogen-bond donors (Lipinski definition) is 2. The summed E-state index contributed by atoms with van der Waals surface area (Å²) in [4.78, 5) is 20.4. The van der Waals surface area contributed by atoms with E-state index in [2.05, 4.69) is 47.0 Å². The lowest BCUT2D eigenvalue weighted by molar-refractivity contribution is -0.129. The molecular weight excluding hydrogens is 435 g/mol. The number of hydrazine groups is 1. The number of hydrogen-bond acceptors (Lipinski definition) is 5. The Bertz CT molecular complexity index is 1080. The van der Waals surface area contributed by atoms with Gasteiger partial charge in [0, 0.05) is 36.1 Å². The Morgan fingerprint density at radius 2 is 1.85 bits per heavy atom. The molecule has 1 amide bonds. The molecule has 5 nitrogen and oxygen atoms in total. The second kappa shape index (κ2) is 10.5. The van der Waals surface area contributed by atoms with Crippen LogP contribution in [0.5, 0.6) is 0 Å². The number of carbonyl (C=O) groups is 1. The number of carbonyl (C=O) groups excluding carboxylic acids is 1. The van der Waals surface area contributed by atoms with Gasteiger partial charge in [-0.05, 0) is 50.8 Å². The number of amides is 1. The second-order valence-corrected chi connectivity index (χ2v) is 10.1. The third-order valence-corrected chi connectivity index (χ3v) is 7.14. The Morgan fingerprint density at radius 3 is 2.58 bits per heavy atom. The van der Waals surface area contributed by atoms with E-state index in [0.717, 1.165) is 52.5 Å². The molecule has 0 bridgehead atoms. The number of likely N-dealkylation sites (N-methyl/N-ethyl adjacent to an activating group) is 1. The van der Waals surface area contributed by atoms with Crippen LogP contribution in [0.1, 0.15) is 46.3 Å². The lowest BCUT2D eigenvalue weighted by Gasteiger charge is -2.18. The lowest BCUT2D eigenvalue weighted by atomic mass is 9.99. The molecular formula is C26H31FN4OS. The molecule has 1 saturated heterocycles. The minimum absolute atomic E-state index is 0.119. The molecule has 3 aromatic rings. The number of benzene rings is 2. The smallest absolute Gasteiger partial charge is 0.227 e. The van der Waals surface area contributed by atoms with Gasteiger partial charge < -0.3 is 4.90 Å². The van der Waals surface area contributed by atoms with Crippen LogP contribution in [0, 0.1) is 19.7 Å². The van der Waals surface area contributed by atoms with E-state index in [4.69, 9.17) is 0 Å². The van der Waals surface area contributed by atoms with Crippen LogP contribution in [0.3, 0.4) is 0 Å². The van der Waals surface area contributed by atoms with Crippen molar-refractivity contribution in [2.75, 3.05) is 13.6 Å². The van der Waals surface area contributed by atoms with Crippen molar-refractivity contribution in [2.45, 2.75) is 51.6 Å². The molecule has 4 rings (SSSR count). The number of thiazole rings is 1. The number of nitrogens with zero attached hydrogens (tertiary/aromatic N) is 2. The summed E-state index contributed by atoms with van der Waals surface area (Å²) in [5, 5.41) is 0.978. The summed E-state index contributed by atoms with van der Waals surface area (Å²) in [6, 6.07) is 15.5. The molecule has 2 heterocycles. The maximum absolute atomic E-state index is 13.1. The third kappa shape index (κ3) is 6.05. The van der Waals surface area contributed by atoms with Crippen LogP contribution >= 0.6 is 11.3 Å². The van der Waals surface area contributed by atoms with E-state index in [1.165, 1.54) is 17.7 Å². The van der Waals surface area contributed by atoms with Gasteiger partial charge >= 0.3 is 0 Å². The molecule has 7 heteroatoms. The fraction of sp³-hybridized carbons (Fsp3) is 0.385. The van der Waals surface area contributed by atoms with E-state index in [1.807, 2.05) is 31.0 Å². The third-order valence-electron chi connectivity index (χ3n) is 6.17. The normalized spacial score (nSPS) is 17.9. The number of nitrogens with one attached hydrogen (secondary N) is 2. The van der Waals surface area contributed by atoms with E-state index >= 15 is 0 Å². The topological polar surface area (TPSA) is 57.3 Å². The van der Waals surface area contributed by atoms with Gasteiger partial charge in [0.25, 0.3) is 0 Å². The van der Waals surface area contributed by atoms with Crippen molar-refractivity contribution in [2.24, 2.45) is 0 Å². The highest BCUT2D eigenvalue weighted by molar-refractivity contribution is 7.12. The Balaban J connectivity index is 1.26. The largest absolute Gasteiger partial charge is 0.345 e. The quantitative estimate of drug-likeness (QED) is 0.493. The molecule has 2 aromatic carbocycles. The van der Waals surface area contributed by atoms with Gasteiger partial charge in [-0.15, -0.1) is 11.3 Å². The second-order valence-electron chi connectivity index (χ2n) is 8.83. The molecule has 33 heavy (non-hydrogen) atoms. The molecule has 2 atom stereocenters. The molecule has 1 aromatic heterocycles. The van der Waals surface area contributed by atoms with Crippen molar-refractivity contribution < 1.29 is 9.18 Å². The molecule has 0 saturated carbocycles. The SMILES string of the molecule is Cc1ccc(-c2nc(C)sc2CC(=O)N(C)CCCC2CC(c3ccc(F)cc3)NN2)cc1. The van der Waals surface area contributed by atoms with Crippen molar-refractivity contribution in [3.63, 3.8) is 0 Å². The highest BCUT2D eigenvalue weighted by Crippen LogP contribution is 2.29. The summed E-state index contributed by atoms with van der Waals surface area (Å²) < 4.78 is 13.1. The van der Waals surface area contributed by atoms with Crippen LogP contribution in [-0.2, 0) is 11.2 Å². The highest BCUT2D eigenvalue weighted by Gasteiger charge is 2.25. The minimum Gasteiger partial charge on any atom is -0.345 e. The first-order valence-electron chi connectivity index (χ1n) is 11.4. The molecule has 0 radical (unpaired) electrons. The number of rotatable bonds is 8. The van der Waals surface area contributed by atoms with Crippen molar-refractivity contribution >= 4 is 17.2 Å². The van der Waals surface area contributed by atoms with E-state index in [0.29, 0.717) is 12.5 Å². The Labute approximate surface area is 199 Å². The summed E-state index contributed by atoms with van der Waals surface area (Å²) in [5.74, 6) is -0.0952. The maximum atomic E-state index is 13.1. The van der Waals surface area contributed by atoms with Gasteiger partial charge in [-0.1, -0.05) is 42.0 Å². The summed E-state index contributed by atoms with van der Waals surface area (Å²) >= 11 is 1.60. The summed E-state index contributed by atoms with van der Waals surface area (Å²) in [7, 11) is 1.88. The van der Waals surface area contributed by atoms with Crippen LogP contribution in [-0.4, -0.2) is 35.4 Å². The van der Waals surface area contributed by atoms with Crippen LogP contribution in [0.4, 0.5) is 4.39 Å². The molecule has 174 valence electrons.